The van der Waals surface area contributed by atoms with Crippen molar-refractivity contribution in [2.75, 3.05) is 0 Å². The molecule has 0 bridgehead atoms. The zero-order chi connectivity index (χ0) is 16.0. The average molecular weight is 310 g/mol. The van der Waals surface area contributed by atoms with Crippen LogP contribution in [0, 0.1) is 5.92 Å². The van der Waals surface area contributed by atoms with Gasteiger partial charge in [-0.05, 0) is 29.9 Å². The van der Waals surface area contributed by atoms with Crippen molar-refractivity contribution in [2.24, 2.45) is 5.92 Å². The van der Waals surface area contributed by atoms with Crippen molar-refractivity contribution in [1.29, 1.82) is 0 Å². The highest BCUT2D eigenvalue weighted by Crippen LogP contribution is 2.37. The van der Waals surface area contributed by atoms with Crippen LogP contribution in [0.2, 0.25) is 0 Å². The third kappa shape index (κ3) is 4.66. The van der Waals surface area contributed by atoms with Gasteiger partial charge in [-0.25, -0.2) is 0 Å². The molecule has 0 atom stereocenters. The largest absolute Gasteiger partial charge is 0.345 e. The first kappa shape index (κ1) is 16.2. The third-order valence-electron chi connectivity index (χ3n) is 4.73. The van der Waals surface area contributed by atoms with E-state index in [1.54, 1.807) is 0 Å². The zero-order valence-corrected chi connectivity index (χ0v) is 13.9. The molecule has 2 aromatic carbocycles. The van der Waals surface area contributed by atoms with Gasteiger partial charge in [0.05, 0.1) is 13.2 Å². The molecule has 2 nitrogen and oxygen atoms in total. The Labute approximate surface area is 139 Å². The molecule has 23 heavy (non-hydrogen) atoms. The van der Waals surface area contributed by atoms with Crippen molar-refractivity contribution >= 4 is 0 Å². The quantitative estimate of drug-likeness (QED) is 0.672. The Kier molecular flexibility index (Phi) is 5.47. The van der Waals surface area contributed by atoms with Gasteiger partial charge in [0.1, 0.15) is 0 Å². The standard InChI is InChI=1S/C21H26O2/c1-18-12-14-21(15-13-18,22-16-19-8-4-2-5-9-19)23-17-20-10-6-3-7-11-20/h2-11,18H,12-17H2,1H3. The molecule has 1 fully saturated rings. The van der Waals surface area contributed by atoms with Crippen LogP contribution in [0.3, 0.4) is 0 Å². The van der Waals surface area contributed by atoms with Gasteiger partial charge in [0.15, 0.2) is 5.79 Å². The number of benzene rings is 2. The highest BCUT2D eigenvalue weighted by Gasteiger charge is 2.36. The molecule has 0 spiro atoms. The predicted octanol–water partition coefficient (Wildman–Crippen LogP) is 5.33. The number of hydrogen-bond donors (Lipinski definition) is 0. The molecule has 122 valence electrons. The molecule has 0 heterocycles. The molecule has 0 saturated heterocycles. The van der Waals surface area contributed by atoms with Crippen LogP contribution in [0.1, 0.15) is 43.7 Å². The molecule has 0 aromatic heterocycles. The second kappa shape index (κ2) is 7.76. The number of hydrogen-bond acceptors (Lipinski definition) is 2. The van der Waals surface area contributed by atoms with Crippen LogP contribution >= 0.6 is 0 Å². The molecular weight excluding hydrogens is 284 g/mol. The van der Waals surface area contributed by atoms with Gasteiger partial charge in [-0.3, -0.25) is 0 Å². The molecule has 2 aromatic rings. The molecule has 0 N–H and O–H groups in total. The fraction of sp³-hybridized carbons (Fsp3) is 0.429. The van der Waals surface area contributed by atoms with E-state index in [0.717, 1.165) is 18.8 Å². The molecule has 0 radical (unpaired) electrons. The fourth-order valence-electron chi connectivity index (χ4n) is 3.11. The van der Waals surface area contributed by atoms with Crippen molar-refractivity contribution in [3.05, 3.63) is 71.8 Å². The molecule has 2 heteroatoms. The van der Waals surface area contributed by atoms with Crippen molar-refractivity contribution in [2.45, 2.75) is 51.6 Å². The maximum absolute atomic E-state index is 6.30. The van der Waals surface area contributed by atoms with Crippen molar-refractivity contribution in [1.82, 2.24) is 0 Å². The van der Waals surface area contributed by atoms with Gasteiger partial charge in [0.2, 0.25) is 0 Å². The topological polar surface area (TPSA) is 18.5 Å². The smallest absolute Gasteiger partial charge is 0.169 e. The molecule has 1 aliphatic rings. The minimum absolute atomic E-state index is 0.432. The Hall–Kier alpha value is -1.64. The molecular formula is C21H26O2. The Balaban J connectivity index is 1.64. The van der Waals surface area contributed by atoms with Gasteiger partial charge in [0.25, 0.3) is 0 Å². The lowest BCUT2D eigenvalue weighted by Crippen LogP contribution is -2.39. The fourth-order valence-corrected chi connectivity index (χ4v) is 3.11. The van der Waals surface area contributed by atoms with E-state index in [-0.39, 0.29) is 0 Å². The summed E-state index contributed by atoms with van der Waals surface area (Å²) in [5.41, 5.74) is 2.41. The second-order valence-corrected chi connectivity index (χ2v) is 6.64. The Morgan fingerprint density at radius 1 is 0.783 bits per heavy atom. The first-order chi connectivity index (χ1) is 11.3. The predicted molar refractivity (Wildman–Crippen MR) is 92.8 cm³/mol. The average Bonchev–Trinajstić information content (AvgIpc) is 2.62. The maximum atomic E-state index is 6.30. The van der Waals surface area contributed by atoms with Gasteiger partial charge in [-0.15, -0.1) is 0 Å². The highest BCUT2D eigenvalue weighted by molar-refractivity contribution is 5.14. The van der Waals surface area contributed by atoms with E-state index in [0.29, 0.717) is 13.2 Å². The second-order valence-electron chi connectivity index (χ2n) is 6.64. The lowest BCUT2D eigenvalue weighted by atomic mass is 9.86. The van der Waals surface area contributed by atoms with Crippen LogP contribution < -0.4 is 0 Å². The van der Waals surface area contributed by atoms with Crippen LogP contribution in [0.25, 0.3) is 0 Å². The van der Waals surface area contributed by atoms with Gasteiger partial charge >= 0.3 is 0 Å². The Morgan fingerprint density at radius 3 is 1.65 bits per heavy atom. The van der Waals surface area contributed by atoms with Gasteiger partial charge in [-0.1, -0.05) is 67.6 Å². The van der Waals surface area contributed by atoms with Crippen LogP contribution in [0.5, 0.6) is 0 Å². The summed E-state index contributed by atoms with van der Waals surface area (Å²) in [6.07, 6.45) is 4.30. The summed E-state index contributed by atoms with van der Waals surface area (Å²) in [7, 11) is 0. The van der Waals surface area contributed by atoms with Gasteiger partial charge < -0.3 is 9.47 Å². The normalized spacial score (nSPS) is 18.0. The lowest BCUT2D eigenvalue weighted by Gasteiger charge is -2.39. The third-order valence-corrected chi connectivity index (χ3v) is 4.73. The van der Waals surface area contributed by atoms with E-state index in [4.69, 9.17) is 9.47 Å². The van der Waals surface area contributed by atoms with E-state index in [2.05, 4.69) is 55.5 Å². The molecule has 3 rings (SSSR count). The summed E-state index contributed by atoms with van der Waals surface area (Å²) in [6.45, 7) is 3.55. The Bertz CT molecular complexity index is 526. The first-order valence-electron chi connectivity index (χ1n) is 8.62. The van der Waals surface area contributed by atoms with Crippen molar-refractivity contribution in [3.8, 4) is 0 Å². The van der Waals surface area contributed by atoms with Gasteiger partial charge in [-0.2, -0.15) is 0 Å². The minimum atomic E-state index is -0.432. The van der Waals surface area contributed by atoms with E-state index in [9.17, 15) is 0 Å². The highest BCUT2D eigenvalue weighted by atomic mass is 16.7. The zero-order valence-electron chi connectivity index (χ0n) is 13.9. The van der Waals surface area contributed by atoms with Crippen LogP contribution in [-0.4, -0.2) is 5.79 Å². The molecule has 1 aliphatic carbocycles. The summed E-state index contributed by atoms with van der Waals surface area (Å²) < 4.78 is 12.6. The van der Waals surface area contributed by atoms with Gasteiger partial charge in [0, 0.05) is 12.8 Å². The first-order valence-corrected chi connectivity index (χ1v) is 8.62. The minimum Gasteiger partial charge on any atom is -0.345 e. The summed E-state index contributed by atoms with van der Waals surface area (Å²) in [6, 6.07) is 20.7. The lowest BCUT2D eigenvalue weighted by molar-refractivity contribution is -0.267. The molecule has 0 aliphatic heterocycles. The summed E-state index contributed by atoms with van der Waals surface area (Å²) >= 11 is 0. The monoisotopic (exact) mass is 310 g/mol. The molecule has 0 amide bonds. The maximum Gasteiger partial charge on any atom is 0.169 e. The van der Waals surface area contributed by atoms with Crippen LogP contribution in [-0.2, 0) is 22.7 Å². The van der Waals surface area contributed by atoms with Crippen molar-refractivity contribution < 1.29 is 9.47 Å². The number of ether oxygens (including phenoxy) is 2. The SMILES string of the molecule is CC1CCC(OCc2ccccc2)(OCc2ccccc2)CC1. The van der Waals surface area contributed by atoms with E-state index in [1.165, 1.54) is 24.0 Å². The summed E-state index contributed by atoms with van der Waals surface area (Å²) in [5, 5.41) is 0. The summed E-state index contributed by atoms with van der Waals surface area (Å²) in [4.78, 5) is 0. The van der Waals surface area contributed by atoms with E-state index >= 15 is 0 Å². The number of rotatable bonds is 6. The molecule has 0 unspecified atom stereocenters. The Morgan fingerprint density at radius 2 is 1.22 bits per heavy atom. The molecule has 1 saturated carbocycles. The van der Waals surface area contributed by atoms with Crippen LogP contribution in [0.15, 0.2) is 60.7 Å². The van der Waals surface area contributed by atoms with E-state index in [1.807, 2.05) is 12.1 Å². The van der Waals surface area contributed by atoms with E-state index < -0.39 is 5.79 Å². The van der Waals surface area contributed by atoms with Crippen molar-refractivity contribution in [3.63, 3.8) is 0 Å². The summed E-state index contributed by atoms with van der Waals surface area (Å²) in [5.74, 6) is 0.335. The van der Waals surface area contributed by atoms with Crippen LogP contribution in [0.4, 0.5) is 0 Å².